The van der Waals surface area contributed by atoms with Crippen LogP contribution < -0.4 is 10.2 Å². The van der Waals surface area contributed by atoms with Crippen molar-refractivity contribution in [1.29, 1.82) is 0 Å². The maximum Gasteiger partial charge on any atom is 0.131 e. The number of anilines is 1. The molecule has 22 heavy (non-hydrogen) atoms. The average molecular weight is 330 g/mol. The van der Waals surface area contributed by atoms with Gasteiger partial charge in [-0.15, -0.1) is 12.4 Å². The summed E-state index contributed by atoms with van der Waals surface area (Å²) in [4.78, 5) is 4.96. The molecule has 1 N–H and O–H groups in total. The van der Waals surface area contributed by atoms with Crippen LogP contribution in [0.1, 0.15) is 18.2 Å². The van der Waals surface area contributed by atoms with Gasteiger partial charge in [0.15, 0.2) is 0 Å². The van der Waals surface area contributed by atoms with E-state index in [1.807, 2.05) is 4.68 Å². The largest absolute Gasteiger partial charge is 0.378 e. The second-order valence-electron chi connectivity index (χ2n) is 6.20. The van der Waals surface area contributed by atoms with Gasteiger partial charge in [0.25, 0.3) is 0 Å². The smallest absolute Gasteiger partial charge is 0.131 e. The van der Waals surface area contributed by atoms with Crippen molar-refractivity contribution >= 4 is 18.2 Å². The average Bonchev–Trinajstić information content (AvgIpc) is 2.74. The minimum Gasteiger partial charge on any atom is -0.378 e. The number of rotatable bonds is 3. The zero-order valence-electron chi connectivity index (χ0n) is 13.8. The lowest BCUT2D eigenvalue weighted by atomic mass is 10.1. The van der Waals surface area contributed by atoms with Crippen molar-refractivity contribution in [3.05, 3.63) is 11.3 Å². The molecule has 1 atom stereocenters. The summed E-state index contributed by atoms with van der Waals surface area (Å²) in [5.41, 5.74) is 2.54. The van der Waals surface area contributed by atoms with Gasteiger partial charge in [-0.2, -0.15) is 5.10 Å². The van der Waals surface area contributed by atoms with Gasteiger partial charge in [0.05, 0.1) is 18.9 Å². The molecule has 0 saturated carbocycles. The van der Waals surface area contributed by atoms with Gasteiger partial charge in [0.2, 0.25) is 0 Å². The lowest BCUT2D eigenvalue weighted by Crippen LogP contribution is -2.48. The van der Waals surface area contributed by atoms with Crippen molar-refractivity contribution in [2.45, 2.75) is 26.4 Å². The van der Waals surface area contributed by atoms with Crippen LogP contribution >= 0.6 is 12.4 Å². The quantitative estimate of drug-likeness (QED) is 0.888. The predicted molar refractivity (Wildman–Crippen MR) is 91.0 cm³/mol. The van der Waals surface area contributed by atoms with E-state index in [-0.39, 0.29) is 12.4 Å². The predicted octanol–water partition coefficient (Wildman–Crippen LogP) is 0.781. The molecule has 0 spiro atoms. The third-order valence-electron chi connectivity index (χ3n) is 4.46. The van der Waals surface area contributed by atoms with E-state index in [1.54, 1.807) is 0 Å². The molecule has 1 unspecified atom stereocenters. The number of aromatic nitrogens is 2. The van der Waals surface area contributed by atoms with Crippen LogP contribution in [0.5, 0.6) is 0 Å². The van der Waals surface area contributed by atoms with E-state index in [1.165, 1.54) is 11.4 Å². The van der Waals surface area contributed by atoms with Crippen molar-refractivity contribution in [2.75, 3.05) is 50.8 Å². The highest BCUT2D eigenvalue weighted by molar-refractivity contribution is 5.85. The lowest BCUT2D eigenvalue weighted by molar-refractivity contribution is 0.122. The van der Waals surface area contributed by atoms with E-state index in [0.29, 0.717) is 6.04 Å². The van der Waals surface area contributed by atoms with E-state index < -0.39 is 0 Å². The highest BCUT2D eigenvalue weighted by Gasteiger charge is 2.24. The molecule has 1 aromatic heterocycles. The fourth-order valence-electron chi connectivity index (χ4n) is 3.43. The Balaban J connectivity index is 0.00000176. The minimum atomic E-state index is 0. The summed E-state index contributed by atoms with van der Waals surface area (Å²) in [6.45, 7) is 12.2. The van der Waals surface area contributed by atoms with Crippen LogP contribution in [0.25, 0.3) is 0 Å². The number of nitrogens with one attached hydrogen (secondary N) is 1. The lowest BCUT2D eigenvalue weighted by Gasteiger charge is -2.34. The zero-order chi connectivity index (χ0) is 14.8. The van der Waals surface area contributed by atoms with Crippen molar-refractivity contribution in [3.63, 3.8) is 0 Å². The Labute approximate surface area is 139 Å². The molecule has 2 aliphatic heterocycles. The van der Waals surface area contributed by atoms with Gasteiger partial charge in [0, 0.05) is 57.9 Å². The zero-order valence-corrected chi connectivity index (χ0v) is 14.7. The fraction of sp³-hybridized carbons (Fsp3) is 0.800. The van der Waals surface area contributed by atoms with Crippen LogP contribution in [0.15, 0.2) is 0 Å². The summed E-state index contributed by atoms with van der Waals surface area (Å²) >= 11 is 0. The molecule has 0 aliphatic carbocycles. The van der Waals surface area contributed by atoms with Crippen molar-refractivity contribution < 1.29 is 4.74 Å². The van der Waals surface area contributed by atoms with Crippen molar-refractivity contribution in [3.8, 4) is 0 Å². The van der Waals surface area contributed by atoms with E-state index in [0.717, 1.165) is 58.2 Å². The Hall–Kier alpha value is -0.820. The van der Waals surface area contributed by atoms with Gasteiger partial charge in [-0.25, -0.2) is 0 Å². The van der Waals surface area contributed by atoms with Gasteiger partial charge < -0.3 is 15.0 Å². The Kier molecular flexibility index (Phi) is 6.09. The van der Waals surface area contributed by atoms with Crippen molar-refractivity contribution in [1.82, 2.24) is 20.0 Å². The fourth-order valence-corrected chi connectivity index (χ4v) is 3.43. The molecule has 3 heterocycles. The standard InChI is InChI=1S/C15H27N5O.ClH/c1-12-10-19(5-4-16-12)11-14-13(2)17-18(3)15(14)20-6-8-21-9-7-20;/h12,16H,4-11H2,1-3H3;1H. The third kappa shape index (κ3) is 3.74. The second-order valence-corrected chi connectivity index (χ2v) is 6.20. The van der Waals surface area contributed by atoms with Crippen LogP contribution in [0.4, 0.5) is 5.82 Å². The molecular weight excluding hydrogens is 302 g/mol. The van der Waals surface area contributed by atoms with Crippen molar-refractivity contribution in [2.24, 2.45) is 7.05 Å². The van der Waals surface area contributed by atoms with Crippen LogP contribution in [-0.4, -0.2) is 66.7 Å². The maximum absolute atomic E-state index is 5.48. The number of ether oxygens (including phenoxy) is 1. The van der Waals surface area contributed by atoms with E-state index in [2.05, 4.69) is 41.1 Å². The summed E-state index contributed by atoms with van der Waals surface area (Å²) in [6.07, 6.45) is 0. The Morgan fingerprint density at radius 2 is 2.00 bits per heavy atom. The minimum absolute atomic E-state index is 0. The summed E-state index contributed by atoms with van der Waals surface area (Å²) in [5.74, 6) is 1.28. The molecule has 1 aromatic rings. The molecule has 0 bridgehead atoms. The molecule has 0 aromatic carbocycles. The third-order valence-corrected chi connectivity index (χ3v) is 4.46. The number of piperazine rings is 1. The highest BCUT2D eigenvalue weighted by atomic mass is 35.5. The first-order chi connectivity index (χ1) is 10.1. The maximum atomic E-state index is 5.48. The summed E-state index contributed by atoms with van der Waals surface area (Å²) < 4.78 is 7.53. The first kappa shape index (κ1) is 17.5. The first-order valence-electron chi connectivity index (χ1n) is 7.96. The normalized spacial score (nSPS) is 23.4. The van der Waals surface area contributed by atoms with E-state index in [9.17, 15) is 0 Å². The van der Waals surface area contributed by atoms with Gasteiger partial charge in [-0.1, -0.05) is 0 Å². The van der Waals surface area contributed by atoms with Gasteiger partial charge in [-0.3, -0.25) is 9.58 Å². The van der Waals surface area contributed by atoms with Crippen LogP contribution in [-0.2, 0) is 18.3 Å². The Bertz CT molecular complexity index is 487. The summed E-state index contributed by atoms with van der Waals surface area (Å²) in [6, 6.07) is 0.572. The molecule has 2 saturated heterocycles. The van der Waals surface area contributed by atoms with Crippen LogP contribution in [0.3, 0.4) is 0 Å². The van der Waals surface area contributed by atoms with Gasteiger partial charge in [-0.05, 0) is 13.8 Å². The summed E-state index contributed by atoms with van der Waals surface area (Å²) in [5, 5.41) is 8.17. The number of aryl methyl sites for hydroxylation is 2. The first-order valence-corrected chi connectivity index (χ1v) is 7.96. The monoisotopic (exact) mass is 329 g/mol. The number of hydrogen-bond acceptors (Lipinski definition) is 5. The molecule has 3 rings (SSSR count). The van der Waals surface area contributed by atoms with E-state index >= 15 is 0 Å². The molecule has 2 aliphatic rings. The molecule has 7 heteroatoms. The molecule has 2 fully saturated rings. The van der Waals surface area contributed by atoms with Crippen LogP contribution in [0, 0.1) is 6.92 Å². The van der Waals surface area contributed by atoms with Gasteiger partial charge >= 0.3 is 0 Å². The molecule has 126 valence electrons. The Morgan fingerprint density at radius 3 is 2.68 bits per heavy atom. The number of morpholine rings is 1. The Morgan fingerprint density at radius 1 is 1.27 bits per heavy atom. The topological polar surface area (TPSA) is 45.6 Å². The molecule has 6 nitrogen and oxygen atoms in total. The number of nitrogens with zero attached hydrogens (tertiary/aromatic N) is 4. The van der Waals surface area contributed by atoms with E-state index in [4.69, 9.17) is 4.74 Å². The summed E-state index contributed by atoms with van der Waals surface area (Å²) in [7, 11) is 2.06. The molecular formula is C15H28ClN5O. The van der Waals surface area contributed by atoms with Gasteiger partial charge in [0.1, 0.15) is 5.82 Å². The number of halogens is 1. The molecule has 0 amide bonds. The molecule has 0 radical (unpaired) electrons. The highest BCUT2D eigenvalue weighted by Crippen LogP contribution is 2.26. The van der Waals surface area contributed by atoms with Crippen LogP contribution in [0.2, 0.25) is 0 Å². The number of hydrogen-bond donors (Lipinski definition) is 1. The second kappa shape index (κ2) is 7.64. The SMILES string of the molecule is Cc1nn(C)c(N2CCOCC2)c1CN1CCNC(C)C1.Cl.